The zero-order valence-electron chi connectivity index (χ0n) is 25.4. The number of para-hydroxylation sites is 3. The second-order valence-corrected chi connectivity index (χ2v) is 13.8. The third kappa shape index (κ3) is 3.16. The van der Waals surface area contributed by atoms with Crippen LogP contribution in [0, 0.1) is 0 Å². The summed E-state index contributed by atoms with van der Waals surface area (Å²) in [5.74, 6) is 0. The number of nitrogens with zero attached hydrogens (tertiary/aromatic N) is 1. The molecule has 0 amide bonds. The van der Waals surface area contributed by atoms with E-state index in [0.717, 1.165) is 0 Å². The van der Waals surface area contributed by atoms with Crippen LogP contribution in [-0.4, -0.2) is 4.57 Å². The minimum Gasteiger partial charge on any atom is -0.309 e. The number of rotatable bonds is 1. The van der Waals surface area contributed by atoms with Crippen molar-refractivity contribution in [1.82, 2.24) is 4.57 Å². The van der Waals surface area contributed by atoms with Crippen LogP contribution in [0.5, 0.6) is 0 Å². The largest absolute Gasteiger partial charge is 0.309 e. The van der Waals surface area contributed by atoms with Gasteiger partial charge in [0.05, 0.1) is 22.1 Å². The fourth-order valence-corrected chi connectivity index (χ4v) is 10.2. The lowest BCUT2D eigenvalue weighted by Crippen LogP contribution is -2.37. The van der Waals surface area contributed by atoms with Gasteiger partial charge in [0.2, 0.25) is 0 Å². The van der Waals surface area contributed by atoms with E-state index >= 15 is 0 Å². The first-order chi connectivity index (χ1) is 23.3. The highest BCUT2D eigenvalue weighted by molar-refractivity contribution is 7.99. The summed E-state index contributed by atoms with van der Waals surface area (Å²) in [5, 5.41) is 7.76. The summed E-state index contributed by atoms with van der Waals surface area (Å²) in [7, 11) is 0. The van der Waals surface area contributed by atoms with Gasteiger partial charge in [0.15, 0.2) is 0 Å². The van der Waals surface area contributed by atoms with Gasteiger partial charge in [-0.15, -0.1) is 0 Å². The molecular formula is C45H27NS. The minimum absolute atomic E-state index is 0.486. The Morgan fingerprint density at radius 2 is 1.06 bits per heavy atom. The maximum absolute atomic E-state index is 2.52. The van der Waals surface area contributed by atoms with E-state index in [4.69, 9.17) is 0 Å². The molecule has 0 saturated carbocycles. The molecule has 8 aromatic carbocycles. The van der Waals surface area contributed by atoms with Gasteiger partial charge in [0.25, 0.3) is 0 Å². The Morgan fingerprint density at radius 3 is 1.98 bits per heavy atom. The monoisotopic (exact) mass is 613 g/mol. The van der Waals surface area contributed by atoms with Crippen molar-refractivity contribution in [2.75, 3.05) is 0 Å². The lowest BCUT2D eigenvalue weighted by Gasteiger charge is -2.45. The van der Waals surface area contributed by atoms with Gasteiger partial charge >= 0.3 is 0 Å². The number of benzene rings is 8. The average Bonchev–Trinajstić information content (AvgIpc) is 3.48. The summed E-state index contributed by atoms with van der Waals surface area (Å²) < 4.78 is 2.52. The SMILES string of the molecule is c1ccc2c(c1)Sc1c(-c3cc4ccccc4c4ccccc34)cccc1C21c2ccccc2-n2c3ccccc3c3cccc1c32. The van der Waals surface area contributed by atoms with E-state index in [9.17, 15) is 0 Å². The van der Waals surface area contributed by atoms with Crippen LogP contribution in [0.25, 0.3) is 60.2 Å². The predicted octanol–water partition coefficient (Wildman–Crippen LogP) is 11.9. The van der Waals surface area contributed by atoms with Gasteiger partial charge in [-0.3, -0.25) is 0 Å². The number of aromatic nitrogens is 1. The Kier molecular flexibility index (Phi) is 5.04. The zero-order chi connectivity index (χ0) is 30.7. The van der Waals surface area contributed by atoms with Gasteiger partial charge in [-0.05, 0) is 79.2 Å². The van der Waals surface area contributed by atoms with Crippen LogP contribution in [0.1, 0.15) is 22.3 Å². The lowest BCUT2D eigenvalue weighted by atomic mass is 9.62. The van der Waals surface area contributed by atoms with E-state index in [1.165, 1.54) is 92.2 Å². The molecule has 1 aromatic heterocycles. The maximum Gasteiger partial charge on any atom is 0.0764 e. The van der Waals surface area contributed by atoms with Crippen molar-refractivity contribution in [1.29, 1.82) is 0 Å². The highest BCUT2D eigenvalue weighted by Gasteiger charge is 2.49. The normalized spacial score (nSPS) is 16.1. The fourth-order valence-electron chi connectivity index (χ4n) is 8.83. The summed E-state index contributed by atoms with van der Waals surface area (Å²) in [6.45, 7) is 0. The smallest absolute Gasteiger partial charge is 0.0764 e. The topological polar surface area (TPSA) is 4.93 Å². The van der Waals surface area contributed by atoms with E-state index in [0.29, 0.717) is 0 Å². The van der Waals surface area contributed by atoms with E-state index < -0.39 is 5.41 Å². The third-order valence-corrected chi connectivity index (χ3v) is 11.8. The van der Waals surface area contributed by atoms with Crippen LogP contribution in [0.15, 0.2) is 174 Å². The second kappa shape index (κ2) is 9.25. The Morgan fingerprint density at radius 1 is 0.426 bits per heavy atom. The summed E-state index contributed by atoms with van der Waals surface area (Å²) >= 11 is 1.93. The molecule has 2 aliphatic heterocycles. The molecule has 9 aromatic rings. The molecule has 47 heavy (non-hydrogen) atoms. The number of hydrogen-bond acceptors (Lipinski definition) is 1. The van der Waals surface area contributed by atoms with Gasteiger partial charge in [-0.25, -0.2) is 0 Å². The highest BCUT2D eigenvalue weighted by Crippen LogP contribution is 2.62. The molecule has 0 fully saturated rings. The average molecular weight is 614 g/mol. The molecule has 0 bridgehead atoms. The molecule has 0 N–H and O–H groups in total. The van der Waals surface area contributed by atoms with Gasteiger partial charge < -0.3 is 4.57 Å². The molecule has 0 radical (unpaired) electrons. The number of hydrogen-bond donors (Lipinski definition) is 0. The molecule has 2 heteroatoms. The van der Waals surface area contributed by atoms with Crippen molar-refractivity contribution in [3.05, 3.63) is 186 Å². The van der Waals surface area contributed by atoms with Crippen molar-refractivity contribution >= 4 is 55.1 Å². The van der Waals surface area contributed by atoms with Gasteiger partial charge in [0.1, 0.15) is 0 Å². The van der Waals surface area contributed by atoms with Crippen molar-refractivity contribution < 1.29 is 0 Å². The molecule has 1 nitrogen and oxygen atoms in total. The van der Waals surface area contributed by atoms with Crippen LogP contribution < -0.4 is 0 Å². The summed E-state index contributed by atoms with van der Waals surface area (Å²) in [5.41, 5.74) is 11.3. The molecule has 2 aliphatic rings. The third-order valence-electron chi connectivity index (χ3n) is 10.6. The first-order valence-electron chi connectivity index (χ1n) is 16.3. The Hall–Kier alpha value is -5.57. The molecule has 3 heterocycles. The minimum atomic E-state index is -0.486. The molecular weight excluding hydrogens is 587 g/mol. The van der Waals surface area contributed by atoms with Gasteiger partial charge in [-0.2, -0.15) is 0 Å². The second-order valence-electron chi connectivity index (χ2n) is 12.8. The van der Waals surface area contributed by atoms with E-state index in [1.54, 1.807) is 0 Å². The van der Waals surface area contributed by atoms with Crippen LogP contribution in [-0.2, 0) is 5.41 Å². The van der Waals surface area contributed by atoms with Crippen molar-refractivity contribution in [2.45, 2.75) is 15.2 Å². The first kappa shape index (κ1) is 25.6. The molecule has 218 valence electrons. The lowest BCUT2D eigenvalue weighted by molar-refractivity contribution is 0.690. The quantitative estimate of drug-likeness (QED) is 0.167. The van der Waals surface area contributed by atoms with Crippen LogP contribution in [0.2, 0.25) is 0 Å². The zero-order valence-corrected chi connectivity index (χ0v) is 26.3. The molecule has 0 aliphatic carbocycles. The van der Waals surface area contributed by atoms with Gasteiger partial charge in [-0.1, -0.05) is 151 Å². The Balaban J connectivity index is 1.33. The van der Waals surface area contributed by atoms with Crippen LogP contribution in [0.4, 0.5) is 0 Å². The van der Waals surface area contributed by atoms with Crippen LogP contribution in [0.3, 0.4) is 0 Å². The maximum atomic E-state index is 2.52. The Bertz CT molecular complexity index is 2790. The van der Waals surface area contributed by atoms with E-state index in [1.807, 2.05) is 11.8 Å². The molecule has 1 atom stereocenters. The van der Waals surface area contributed by atoms with Crippen LogP contribution >= 0.6 is 11.8 Å². The van der Waals surface area contributed by atoms with Crippen molar-refractivity contribution in [2.24, 2.45) is 0 Å². The van der Waals surface area contributed by atoms with Crippen molar-refractivity contribution in [3.63, 3.8) is 0 Å². The molecule has 0 saturated heterocycles. The summed E-state index contributed by atoms with van der Waals surface area (Å²) in [4.78, 5) is 2.65. The molecule has 11 rings (SSSR count). The number of fused-ring (bicyclic) bond motifs is 14. The van der Waals surface area contributed by atoms with Gasteiger partial charge in [0, 0.05) is 20.6 Å². The summed E-state index contributed by atoms with van der Waals surface area (Å²) in [6, 6.07) is 61.3. The standard InChI is InChI=1S/C45H27NS/c1-2-14-29-28(13-1)27-35(31-16-4-3-15-30(29)31)34-19-12-23-39-44(34)47-42-26-10-7-21-37(42)45(39)36-20-6-9-25-41(36)46-40-24-8-5-17-32(40)33-18-11-22-38(45)43(33)46/h1-27H. The first-order valence-corrected chi connectivity index (χ1v) is 17.1. The van der Waals surface area contributed by atoms with E-state index in [-0.39, 0.29) is 0 Å². The molecule has 1 spiro atoms. The van der Waals surface area contributed by atoms with Crippen molar-refractivity contribution in [3.8, 4) is 16.8 Å². The summed E-state index contributed by atoms with van der Waals surface area (Å²) in [6.07, 6.45) is 0. The predicted molar refractivity (Wildman–Crippen MR) is 197 cm³/mol. The fraction of sp³-hybridized carbons (Fsp3) is 0.0222. The Labute approximate surface area is 276 Å². The molecule has 1 unspecified atom stereocenters. The highest BCUT2D eigenvalue weighted by atomic mass is 32.2. The van der Waals surface area contributed by atoms with E-state index in [2.05, 4.69) is 168 Å².